The van der Waals surface area contributed by atoms with Crippen LogP contribution >= 0.6 is 11.6 Å². The minimum absolute atomic E-state index is 0.112. The molecule has 1 N–H and O–H groups in total. The second kappa shape index (κ2) is 4.84. The second-order valence-electron chi connectivity index (χ2n) is 2.83. The Morgan fingerprint density at radius 1 is 1.38 bits per heavy atom. The highest BCUT2D eigenvalue weighted by atomic mass is 35.5. The molecule has 1 rings (SSSR count). The van der Waals surface area contributed by atoms with Crippen LogP contribution in [0.15, 0.2) is 18.2 Å². The summed E-state index contributed by atoms with van der Waals surface area (Å²) in [6, 6.07) is 7.53. The molecule has 16 heavy (non-hydrogen) atoms. The van der Waals surface area contributed by atoms with Crippen LogP contribution in [0, 0.1) is 22.7 Å². The van der Waals surface area contributed by atoms with Crippen LogP contribution in [0.3, 0.4) is 0 Å². The van der Waals surface area contributed by atoms with E-state index in [2.05, 4.69) is 4.72 Å². The molecule has 0 aliphatic carbocycles. The average Bonchev–Trinajstić information content (AvgIpc) is 2.20. The first-order valence-electron chi connectivity index (χ1n) is 4.05. The number of benzene rings is 1. The van der Waals surface area contributed by atoms with Gasteiger partial charge in [0.15, 0.2) is 5.75 Å². The molecule has 7 heteroatoms. The summed E-state index contributed by atoms with van der Waals surface area (Å²) in [5, 5.41) is 17.0. The van der Waals surface area contributed by atoms with Gasteiger partial charge >= 0.3 is 0 Å². The standard InChI is InChI=1S/C9H6ClN3O2S/c10-8-5-7(6-12)1-2-9(8)13-16(14,15)4-3-11/h1-2,5,13H,4H2. The zero-order chi connectivity index (χ0) is 12.2. The van der Waals surface area contributed by atoms with E-state index in [1.165, 1.54) is 24.3 Å². The van der Waals surface area contributed by atoms with E-state index in [1.807, 2.05) is 6.07 Å². The van der Waals surface area contributed by atoms with Gasteiger partial charge in [0.1, 0.15) is 0 Å². The molecular weight excluding hydrogens is 250 g/mol. The molecule has 5 nitrogen and oxygen atoms in total. The fraction of sp³-hybridized carbons (Fsp3) is 0.111. The zero-order valence-corrected chi connectivity index (χ0v) is 9.51. The van der Waals surface area contributed by atoms with Crippen LogP contribution in [-0.4, -0.2) is 14.2 Å². The van der Waals surface area contributed by atoms with Crippen LogP contribution in [0.5, 0.6) is 0 Å². The first-order chi connectivity index (χ1) is 7.48. The maximum Gasteiger partial charge on any atom is 0.246 e. The number of anilines is 1. The molecule has 0 saturated heterocycles. The van der Waals surface area contributed by atoms with Crippen LogP contribution in [0.2, 0.25) is 5.02 Å². The summed E-state index contributed by atoms with van der Waals surface area (Å²) >= 11 is 5.75. The van der Waals surface area contributed by atoms with Gasteiger partial charge in [0, 0.05) is 0 Å². The van der Waals surface area contributed by atoms with Crippen molar-refractivity contribution in [2.24, 2.45) is 0 Å². The fourth-order valence-electron chi connectivity index (χ4n) is 0.956. The van der Waals surface area contributed by atoms with Crippen molar-refractivity contribution in [3.8, 4) is 12.1 Å². The van der Waals surface area contributed by atoms with E-state index in [0.717, 1.165) is 0 Å². The Hall–Kier alpha value is -1.76. The van der Waals surface area contributed by atoms with E-state index in [1.54, 1.807) is 0 Å². The van der Waals surface area contributed by atoms with Crippen molar-refractivity contribution in [2.45, 2.75) is 0 Å². The number of hydrogen-bond acceptors (Lipinski definition) is 4. The van der Waals surface area contributed by atoms with Crippen molar-refractivity contribution in [2.75, 3.05) is 10.5 Å². The number of nitrogens with zero attached hydrogens (tertiary/aromatic N) is 2. The first kappa shape index (κ1) is 12.3. The van der Waals surface area contributed by atoms with Crippen LogP contribution < -0.4 is 4.72 Å². The lowest BCUT2D eigenvalue weighted by molar-refractivity contribution is 0.604. The maximum absolute atomic E-state index is 11.2. The Labute approximate surface area is 97.9 Å². The molecular formula is C9H6ClN3O2S. The molecule has 0 aliphatic heterocycles. The summed E-state index contributed by atoms with van der Waals surface area (Å²) < 4.78 is 24.6. The van der Waals surface area contributed by atoms with Crippen molar-refractivity contribution in [1.29, 1.82) is 10.5 Å². The number of rotatable bonds is 3. The summed E-state index contributed by atoms with van der Waals surface area (Å²) in [6.07, 6.45) is 0. The van der Waals surface area contributed by atoms with E-state index in [0.29, 0.717) is 5.56 Å². The van der Waals surface area contributed by atoms with E-state index in [-0.39, 0.29) is 10.7 Å². The number of halogens is 1. The Balaban J connectivity index is 3.01. The van der Waals surface area contributed by atoms with Gasteiger partial charge in [0.2, 0.25) is 10.0 Å². The summed E-state index contributed by atoms with van der Waals surface area (Å²) in [7, 11) is -3.71. The van der Waals surface area contributed by atoms with Crippen molar-refractivity contribution in [3.63, 3.8) is 0 Å². The Morgan fingerprint density at radius 2 is 2.06 bits per heavy atom. The second-order valence-corrected chi connectivity index (χ2v) is 4.96. The van der Waals surface area contributed by atoms with Gasteiger partial charge in [-0.15, -0.1) is 0 Å². The molecule has 0 aliphatic rings. The van der Waals surface area contributed by atoms with Gasteiger partial charge in [-0.25, -0.2) is 8.42 Å². The minimum atomic E-state index is -3.71. The molecule has 0 fully saturated rings. The Bertz CT molecular complexity index is 584. The quantitative estimate of drug-likeness (QED) is 0.885. The highest BCUT2D eigenvalue weighted by Gasteiger charge is 2.11. The van der Waals surface area contributed by atoms with E-state index in [9.17, 15) is 8.42 Å². The average molecular weight is 256 g/mol. The number of nitrogens with one attached hydrogen (secondary N) is 1. The topological polar surface area (TPSA) is 93.8 Å². The fourth-order valence-corrected chi connectivity index (χ4v) is 2.00. The van der Waals surface area contributed by atoms with Crippen molar-refractivity contribution < 1.29 is 8.42 Å². The molecule has 0 unspecified atom stereocenters. The molecule has 0 bridgehead atoms. The van der Waals surface area contributed by atoms with E-state index >= 15 is 0 Å². The van der Waals surface area contributed by atoms with Crippen molar-refractivity contribution in [3.05, 3.63) is 28.8 Å². The van der Waals surface area contributed by atoms with Crippen molar-refractivity contribution >= 4 is 27.3 Å². The van der Waals surface area contributed by atoms with Crippen LogP contribution in [0.4, 0.5) is 5.69 Å². The SMILES string of the molecule is N#CCS(=O)(=O)Nc1ccc(C#N)cc1Cl. The molecule has 0 amide bonds. The van der Waals surface area contributed by atoms with Crippen LogP contribution in [-0.2, 0) is 10.0 Å². The highest BCUT2D eigenvalue weighted by molar-refractivity contribution is 7.92. The molecule has 0 saturated carbocycles. The third kappa shape index (κ3) is 3.13. The predicted molar refractivity (Wildman–Crippen MR) is 59.2 cm³/mol. The molecule has 0 atom stereocenters. The third-order valence-corrected chi connectivity index (χ3v) is 2.97. The van der Waals surface area contributed by atoms with Crippen LogP contribution in [0.25, 0.3) is 0 Å². The lowest BCUT2D eigenvalue weighted by Crippen LogP contribution is -2.15. The Kier molecular flexibility index (Phi) is 3.73. The maximum atomic E-state index is 11.2. The van der Waals surface area contributed by atoms with Gasteiger partial charge in [-0.1, -0.05) is 11.6 Å². The van der Waals surface area contributed by atoms with Gasteiger partial charge < -0.3 is 0 Å². The molecule has 0 spiro atoms. The molecule has 0 radical (unpaired) electrons. The third-order valence-electron chi connectivity index (χ3n) is 1.62. The first-order valence-corrected chi connectivity index (χ1v) is 6.08. The molecule has 1 aromatic rings. The molecule has 0 aromatic heterocycles. The Morgan fingerprint density at radius 3 is 2.56 bits per heavy atom. The number of sulfonamides is 1. The minimum Gasteiger partial charge on any atom is -0.281 e. The normalized spacial score (nSPS) is 10.2. The van der Waals surface area contributed by atoms with Gasteiger partial charge in [0.25, 0.3) is 0 Å². The van der Waals surface area contributed by atoms with Gasteiger partial charge in [0.05, 0.1) is 28.4 Å². The largest absolute Gasteiger partial charge is 0.281 e. The van der Waals surface area contributed by atoms with E-state index in [4.69, 9.17) is 22.1 Å². The summed E-state index contributed by atoms with van der Waals surface area (Å²) in [4.78, 5) is 0. The lowest BCUT2D eigenvalue weighted by atomic mass is 10.2. The highest BCUT2D eigenvalue weighted by Crippen LogP contribution is 2.23. The number of nitriles is 2. The lowest BCUT2D eigenvalue weighted by Gasteiger charge is -2.06. The van der Waals surface area contributed by atoms with Gasteiger partial charge in [-0.05, 0) is 18.2 Å². The summed E-state index contributed by atoms with van der Waals surface area (Å²) in [5.74, 6) is -0.649. The summed E-state index contributed by atoms with van der Waals surface area (Å²) in [6.45, 7) is 0. The number of hydrogen-bond donors (Lipinski definition) is 1. The molecule has 82 valence electrons. The van der Waals surface area contributed by atoms with Gasteiger partial charge in [-0.3, -0.25) is 4.72 Å². The van der Waals surface area contributed by atoms with Gasteiger partial charge in [-0.2, -0.15) is 10.5 Å². The molecule has 1 aromatic carbocycles. The summed E-state index contributed by atoms with van der Waals surface area (Å²) in [5.41, 5.74) is 0.476. The van der Waals surface area contributed by atoms with E-state index < -0.39 is 15.8 Å². The zero-order valence-electron chi connectivity index (χ0n) is 7.94. The van der Waals surface area contributed by atoms with Crippen molar-refractivity contribution in [1.82, 2.24) is 0 Å². The monoisotopic (exact) mass is 255 g/mol. The smallest absolute Gasteiger partial charge is 0.246 e. The van der Waals surface area contributed by atoms with Crippen LogP contribution in [0.1, 0.15) is 5.56 Å². The molecule has 0 heterocycles. The predicted octanol–water partition coefficient (Wildman–Crippen LogP) is 1.48.